The molecule has 0 amide bonds. The Bertz CT molecular complexity index is 582. The van der Waals surface area contributed by atoms with Crippen LogP contribution in [0, 0.1) is 0 Å². The lowest BCUT2D eigenvalue weighted by atomic mass is 9.92. The summed E-state index contributed by atoms with van der Waals surface area (Å²) in [5.74, 6) is -24.5. The van der Waals surface area contributed by atoms with Crippen LogP contribution < -0.4 is 0 Å². The highest BCUT2D eigenvalue weighted by Gasteiger charge is 2.79. The van der Waals surface area contributed by atoms with Crippen LogP contribution in [0.25, 0.3) is 0 Å². The van der Waals surface area contributed by atoms with Gasteiger partial charge in [0, 0.05) is 26.1 Å². The highest BCUT2D eigenvalue weighted by Crippen LogP contribution is 2.55. The second-order valence-electron chi connectivity index (χ2n) is 7.34. The number of rotatable bonds is 18. The molecule has 0 saturated carbocycles. The summed E-state index contributed by atoms with van der Waals surface area (Å²) in [6, 6.07) is 0. The monoisotopic (exact) mass is 486 g/mol. The van der Waals surface area contributed by atoms with Crippen LogP contribution in [-0.2, 0) is 14.3 Å². The smallest absolute Gasteiger partial charge is 0.378 e. The van der Waals surface area contributed by atoms with Crippen molar-refractivity contribution in [2.24, 2.45) is 0 Å². The summed E-state index contributed by atoms with van der Waals surface area (Å²) >= 11 is 0. The first-order chi connectivity index (χ1) is 14.7. The molecule has 0 unspecified atom stereocenters. The van der Waals surface area contributed by atoms with E-state index in [1.807, 2.05) is 0 Å². The number of aliphatic hydroxyl groups excluding tert-OH is 1. The summed E-state index contributed by atoms with van der Waals surface area (Å²) < 4.78 is 120. The molecule has 190 valence electrons. The third kappa shape index (κ3) is 8.49. The molecule has 1 N–H and O–H groups in total. The number of hydrogen-bond acceptors (Lipinski definition) is 4. The Kier molecular flexibility index (Phi) is 12.7. The van der Waals surface area contributed by atoms with Crippen molar-refractivity contribution in [3.63, 3.8) is 0 Å². The summed E-state index contributed by atoms with van der Waals surface area (Å²) in [6.07, 6.45) is -3.70. The maximum absolute atomic E-state index is 13.8. The molecule has 0 aliphatic rings. The van der Waals surface area contributed by atoms with E-state index < -0.39 is 61.9 Å². The Morgan fingerprint density at radius 3 is 1.84 bits per heavy atom. The molecular formula is C20H30F8O4. The molecule has 0 aromatic rings. The van der Waals surface area contributed by atoms with Gasteiger partial charge in [0.2, 0.25) is 0 Å². The Morgan fingerprint density at radius 2 is 1.34 bits per heavy atom. The number of hydrogen-bond donors (Lipinski definition) is 1. The van der Waals surface area contributed by atoms with E-state index in [1.54, 1.807) is 6.92 Å². The van der Waals surface area contributed by atoms with Gasteiger partial charge in [-0.2, -0.15) is 35.1 Å². The Hall–Kier alpha value is -1.43. The van der Waals surface area contributed by atoms with Gasteiger partial charge >= 0.3 is 29.7 Å². The first-order valence-electron chi connectivity index (χ1n) is 10.2. The minimum atomic E-state index is -6.32. The van der Waals surface area contributed by atoms with Crippen LogP contribution in [0.3, 0.4) is 0 Å². The van der Waals surface area contributed by atoms with Gasteiger partial charge in [0.1, 0.15) is 0 Å². The van der Waals surface area contributed by atoms with E-state index in [-0.39, 0.29) is 38.2 Å². The maximum Gasteiger partial charge on any atom is 0.378 e. The molecule has 12 heteroatoms. The highest BCUT2D eigenvalue weighted by molar-refractivity contribution is 5.87. The fourth-order valence-corrected chi connectivity index (χ4v) is 2.53. The SMILES string of the molecule is C=C(COCCCO)C(=O)OCCCC(F)(F)C(F)(F)C(F)(F)C(F)(F)CCCCCC. The predicted molar refractivity (Wildman–Crippen MR) is 100 cm³/mol. The van der Waals surface area contributed by atoms with Gasteiger partial charge in [-0.25, -0.2) is 4.79 Å². The second kappa shape index (κ2) is 13.3. The van der Waals surface area contributed by atoms with Gasteiger partial charge in [0.15, 0.2) is 0 Å². The fourth-order valence-electron chi connectivity index (χ4n) is 2.53. The lowest BCUT2D eigenvalue weighted by Gasteiger charge is -2.37. The van der Waals surface area contributed by atoms with Crippen LogP contribution in [0.5, 0.6) is 0 Å². The van der Waals surface area contributed by atoms with Crippen molar-refractivity contribution in [1.82, 2.24) is 0 Å². The number of aliphatic hydroxyl groups is 1. The summed E-state index contributed by atoms with van der Waals surface area (Å²) in [7, 11) is 0. The van der Waals surface area contributed by atoms with Crippen molar-refractivity contribution in [1.29, 1.82) is 0 Å². The van der Waals surface area contributed by atoms with E-state index in [1.165, 1.54) is 0 Å². The lowest BCUT2D eigenvalue weighted by Crippen LogP contribution is -2.62. The summed E-state index contributed by atoms with van der Waals surface area (Å²) in [5.41, 5.74) is -0.228. The third-order valence-electron chi connectivity index (χ3n) is 4.54. The van der Waals surface area contributed by atoms with Crippen molar-refractivity contribution in [3.8, 4) is 0 Å². The average Bonchev–Trinajstić information content (AvgIpc) is 2.71. The van der Waals surface area contributed by atoms with E-state index in [2.05, 4.69) is 11.3 Å². The number of halogens is 8. The fraction of sp³-hybridized carbons (Fsp3) is 0.850. The van der Waals surface area contributed by atoms with Crippen LogP contribution in [-0.4, -0.2) is 61.2 Å². The molecule has 0 radical (unpaired) electrons. The molecule has 0 aliphatic heterocycles. The van der Waals surface area contributed by atoms with Crippen LogP contribution in [0.15, 0.2) is 12.2 Å². The zero-order chi connectivity index (χ0) is 25.1. The number of ether oxygens (including phenoxy) is 2. The molecule has 0 spiro atoms. The topological polar surface area (TPSA) is 55.8 Å². The minimum Gasteiger partial charge on any atom is -0.462 e. The zero-order valence-electron chi connectivity index (χ0n) is 17.9. The molecule has 32 heavy (non-hydrogen) atoms. The minimum absolute atomic E-state index is 0.0767. The Balaban J connectivity index is 4.78. The van der Waals surface area contributed by atoms with E-state index in [9.17, 15) is 39.9 Å². The van der Waals surface area contributed by atoms with Crippen molar-refractivity contribution < 1.29 is 54.5 Å². The predicted octanol–water partition coefficient (Wildman–Crippen LogP) is 5.78. The first-order valence-corrected chi connectivity index (χ1v) is 10.2. The highest BCUT2D eigenvalue weighted by atomic mass is 19.4. The van der Waals surface area contributed by atoms with Crippen molar-refractivity contribution >= 4 is 5.97 Å². The standard InChI is InChI=1S/C20H30F8O4/c1-3-4-5-6-9-17(21,22)19(25,26)20(27,28)18(23,24)10-7-13-32-16(30)15(2)14-31-12-8-11-29/h29H,2-14H2,1H3. The molecule has 0 rings (SSSR count). The molecule has 4 nitrogen and oxygen atoms in total. The summed E-state index contributed by atoms with van der Waals surface area (Å²) in [5, 5.41) is 8.56. The van der Waals surface area contributed by atoms with Crippen LogP contribution >= 0.6 is 0 Å². The van der Waals surface area contributed by atoms with Crippen LogP contribution in [0.2, 0.25) is 0 Å². The molecule has 0 fully saturated rings. The molecule has 0 saturated heterocycles. The van der Waals surface area contributed by atoms with Gasteiger partial charge in [-0.1, -0.05) is 32.8 Å². The van der Waals surface area contributed by atoms with E-state index >= 15 is 0 Å². The van der Waals surface area contributed by atoms with Crippen molar-refractivity contribution in [2.45, 2.75) is 82.0 Å². The molecule has 0 heterocycles. The number of esters is 1. The van der Waals surface area contributed by atoms with Gasteiger partial charge in [0.05, 0.1) is 18.8 Å². The maximum atomic E-state index is 13.8. The van der Waals surface area contributed by atoms with Gasteiger partial charge in [-0.3, -0.25) is 0 Å². The van der Waals surface area contributed by atoms with E-state index in [4.69, 9.17) is 9.84 Å². The number of alkyl halides is 8. The van der Waals surface area contributed by atoms with Gasteiger partial charge in [-0.15, -0.1) is 0 Å². The molecule has 0 aromatic carbocycles. The van der Waals surface area contributed by atoms with Crippen molar-refractivity contribution in [2.75, 3.05) is 26.4 Å². The summed E-state index contributed by atoms with van der Waals surface area (Å²) in [4.78, 5) is 11.6. The molecule has 0 aliphatic carbocycles. The van der Waals surface area contributed by atoms with E-state index in [0.29, 0.717) is 12.8 Å². The number of carbonyl (C=O) groups excluding carboxylic acids is 1. The van der Waals surface area contributed by atoms with Gasteiger partial charge in [-0.05, 0) is 19.3 Å². The molecule has 0 aromatic heterocycles. The van der Waals surface area contributed by atoms with Crippen LogP contribution in [0.4, 0.5) is 35.1 Å². The lowest BCUT2D eigenvalue weighted by molar-refractivity contribution is -0.368. The Morgan fingerprint density at radius 1 is 0.812 bits per heavy atom. The molecule has 0 bridgehead atoms. The van der Waals surface area contributed by atoms with E-state index in [0.717, 1.165) is 0 Å². The van der Waals surface area contributed by atoms with Gasteiger partial charge in [0.25, 0.3) is 0 Å². The third-order valence-corrected chi connectivity index (χ3v) is 4.54. The second-order valence-corrected chi connectivity index (χ2v) is 7.34. The zero-order valence-corrected chi connectivity index (χ0v) is 17.9. The normalized spacial score (nSPS) is 13.3. The largest absolute Gasteiger partial charge is 0.462 e. The van der Waals surface area contributed by atoms with Gasteiger partial charge < -0.3 is 14.6 Å². The first kappa shape index (κ1) is 30.6. The quantitative estimate of drug-likeness (QED) is 0.116. The Labute approximate surface area is 181 Å². The van der Waals surface area contributed by atoms with Crippen LogP contribution in [0.1, 0.15) is 58.3 Å². The molecular weight excluding hydrogens is 456 g/mol. The number of carbonyl (C=O) groups is 1. The number of unbranched alkanes of at least 4 members (excludes halogenated alkanes) is 3. The summed E-state index contributed by atoms with van der Waals surface area (Å²) in [6.45, 7) is 3.81. The average molecular weight is 486 g/mol. The molecule has 0 atom stereocenters. The van der Waals surface area contributed by atoms with Crippen molar-refractivity contribution in [3.05, 3.63) is 12.2 Å².